The van der Waals surface area contributed by atoms with Crippen molar-refractivity contribution >= 4 is 47.0 Å². The predicted octanol–water partition coefficient (Wildman–Crippen LogP) is 4.65. The van der Waals surface area contributed by atoms with Gasteiger partial charge in [0.25, 0.3) is 0 Å². The molecule has 0 bridgehead atoms. The number of methoxy groups -OCH3 is 1. The Kier molecular flexibility index (Phi) is 4.99. The van der Waals surface area contributed by atoms with Crippen LogP contribution in [0.1, 0.15) is 16.9 Å². The lowest BCUT2D eigenvalue weighted by Crippen LogP contribution is -2.07. The third-order valence-corrected chi connectivity index (χ3v) is 3.22. The highest BCUT2D eigenvalue weighted by Gasteiger charge is 2.26. The molecule has 0 radical (unpaired) electrons. The zero-order valence-corrected chi connectivity index (χ0v) is 13.2. The van der Waals surface area contributed by atoms with Gasteiger partial charge in [-0.3, -0.25) is 0 Å². The van der Waals surface area contributed by atoms with Crippen LogP contribution in [-0.4, -0.2) is 7.11 Å². The molecule has 0 aliphatic rings. The molecule has 0 unspecified atom stereocenters. The molecule has 2 rings (SSSR count). The summed E-state index contributed by atoms with van der Waals surface area (Å²) in [6, 6.07) is 10.3. The van der Waals surface area contributed by atoms with E-state index in [-0.39, 0.29) is 5.76 Å². The maximum Gasteiger partial charge on any atom is 0.336 e. The number of halogens is 3. The van der Waals surface area contributed by atoms with Gasteiger partial charge in [-0.05, 0) is 29.3 Å². The molecule has 1 heterocycles. The summed E-state index contributed by atoms with van der Waals surface area (Å²) in [6.45, 7) is 0. The fourth-order valence-corrected chi connectivity index (χ4v) is 1.92. The van der Waals surface area contributed by atoms with Crippen molar-refractivity contribution in [3.8, 4) is 5.75 Å². The van der Waals surface area contributed by atoms with Crippen molar-refractivity contribution in [2.75, 3.05) is 7.11 Å². The van der Waals surface area contributed by atoms with Gasteiger partial charge >= 0.3 is 5.63 Å². The molecule has 0 spiro atoms. The smallest absolute Gasteiger partial charge is 0.336 e. The van der Waals surface area contributed by atoms with E-state index < -0.39 is 9.42 Å². The largest absolute Gasteiger partial charge is 0.497 e. The first-order valence-corrected chi connectivity index (χ1v) is 7.06. The van der Waals surface area contributed by atoms with Crippen LogP contribution >= 0.6 is 34.8 Å². The first-order valence-electron chi connectivity index (χ1n) is 5.93. The molecule has 3 nitrogen and oxygen atoms in total. The number of ether oxygens (including phenoxy) is 1. The molecule has 0 N–H and O–H groups in total. The van der Waals surface area contributed by atoms with Crippen LogP contribution in [0.25, 0.3) is 12.2 Å². The molecule has 0 amide bonds. The van der Waals surface area contributed by atoms with Crippen molar-refractivity contribution in [2.24, 2.45) is 0 Å². The average molecular weight is 346 g/mol. The minimum Gasteiger partial charge on any atom is -0.497 e. The van der Waals surface area contributed by atoms with E-state index in [1.54, 1.807) is 13.2 Å². The topological polar surface area (TPSA) is 39.4 Å². The van der Waals surface area contributed by atoms with Crippen LogP contribution in [0.4, 0.5) is 0 Å². The van der Waals surface area contributed by atoms with E-state index in [0.717, 1.165) is 11.3 Å². The Morgan fingerprint density at radius 1 is 1.05 bits per heavy atom. The van der Waals surface area contributed by atoms with Crippen molar-refractivity contribution in [2.45, 2.75) is 3.79 Å². The first-order chi connectivity index (χ1) is 9.88. The summed E-state index contributed by atoms with van der Waals surface area (Å²) < 4.78 is 8.17. The second kappa shape index (κ2) is 6.56. The lowest BCUT2D eigenvalue weighted by molar-refractivity contribution is 0.415. The van der Waals surface area contributed by atoms with Crippen LogP contribution in [0.2, 0.25) is 0 Å². The molecular weight excluding hydrogens is 335 g/mol. The van der Waals surface area contributed by atoms with Gasteiger partial charge in [0.15, 0.2) is 5.76 Å². The number of hydrogen-bond donors (Lipinski definition) is 0. The summed E-state index contributed by atoms with van der Waals surface area (Å²) in [5.41, 5.74) is 0.955. The third kappa shape index (κ3) is 4.53. The molecule has 0 saturated carbocycles. The Morgan fingerprint density at radius 2 is 1.67 bits per heavy atom. The Balaban J connectivity index is 2.28. The fraction of sp³-hybridized carbons (Fsp3) is 0.133. The van der Waals surface area contributed by atoms with Crippen LogP contribution in [0.15, 0.2) is 45.6 Å². The lowest BCUT2D eigenvalue weighted by Gasteiger charge is -2.09. The van der Waals surface area contributed by atoms with Gasteiger partial charge in [-0.25, -0.2) is 4.79 Å². The van der Waals surface area contributed by atoms with Crippen molar-refractivity contribution < 1.29 is 9.15 Å². The summed E-state index contributed by atoms with van der Waals surface area (Å²) in [7, 11) is 1.60. The summed E-state index contributed by atoms with van der Waals surface area (Å²) in [4.78, 5) is 11.5. The second-order valence-electron chi connectivity index (χ2n) is 4.18. The quantitative estimate of drug-likeness (QED) is 0.760. The van der Waals surface area contributed by atoms with E-state index in [0.29, 0.717) is 5.56 Å². The molecule has 21 heavy (non-hydrogen) atoms. The first kappa shape index (κ1) is 16.0. The zero-order chi connectivity index (χ0) is 15.5. The van der Waals surface area contributed by atoms with Gasteiger partial charge in [0, 0.05) is 6.07 Å². The molecule has 6 heteroatoms. The van der Waals surface area contributed by atoms with Crippen molar-refractivity contribution in [3.05, 3.63) is 63.7 Å². The van der Waals surface area contributed by atoms with E-state index in [4.69, 9.17) is 44.0 Å². The standard InChI is InChI=1S/C15H11Cl3O3/c1-20-12-6-4-10(5-7-12)2-3-11-8-13(15(16,17)18)21-14(19)9-11/h2-9H,1H3. The lowest BCUT2D eigenvalue weighted by atomic mass is 10.1. The zero-order valence-electron chi connectivity index (χ0n) is 11.0. The highest BCUT2D eigenvalue weighted by Crippen LogP contribution is 2.37. The van der Waals surface area contributed by atoms with Gasteiger partial charge in [0.1, 0.15) is 5.75 Å². The number of rotatable bonds is 3. The number of benzene rings is 1. The van der Waals surface area contributed by atoms with E-state index >= 15 is 0 Å². The van der Waals surface area contributed by atoms with E-state index in [9.17, 15) is 4.79 Å². The minimum absolute atomic E-state index is 0.0191. The second-order valence-corrected chi connectivity index (χ2v) is 6.46. The van der Waals surface area contributed by atoms with Gasteiger partial charge in [-0.15, -0.1) is 0 Å². The van der Waals surface area contributed by atoms with Crippen LogP contribution in [0, 0.1) is 0 Å². The highest BCUT2D eigenvalue weighted by atomic mass is 35.6. The molecule has 0 aliphatic heterocycles. The van der Waals surface area contributed by atoms with Crippen molar-refractivity contribution in [1.82, 2.24) is 0 Å². The number of hydrogen-bond acceptors (Lipinski definition) is 3. The summed E-state index contributed by atoms with van der Waals surface area (Å²) in [5.74, 6) is 0.750. The minimum atomic E-state index is -1.77. The van der Waals surface area contributed by atoms with E-state index in [1.807, 2.05) is 30.3 Å². The highest BCUT2D eigenvalue weighted by molar-refractivity contribution is 6.66. The average Bonchev–Trinajstić information content (AvgIpc) is 2.44. The Hall–Kier alpha value is -1.42. The molecule has 0 atom stereocenters. The molecule has 0 fully saturated rings. The summed E-state index contributed by atoms with van der Waals surface area (Å²) in [6.07, 6.45) is 3.56. The van der Waals surface area contributed by atoms with Gasteiger partial charge in [-0.1, -0.05) is 59.1 Å². The van der Waals surface area contributed by atoms with Crippen molar-refractivity contribution in [3.63, 3.8) is 0 Å². The summed E-state index contributed by atoms with van der Waals surface area (Å²) in [5, 5.41) is 0. The molecule has 1 aromatic heterocycles. The SMILES string of the molecule is COc1ccc(C=Cc2cc(C(Cl)(Cl)Cl)oc(=O)c2)cc1. The number of alkyl halides is 3. The predicted molar refractivity (Wildman–Crippen MR) is 86.1 cm³/mol. The molecule has 1 aromatic carbocycles. The Morgan fingerprint density at radius 3 is 2.24 bits per heavy atom. The van der Waals surface area contributed by atoms with Gasteiger partial charge < -0.3 is 9.15 Å². The van der Waals surface area contributed by atoms with E-state index in [1.165, 1.54) is 12.1 Å². The van der Waals surface area contributed by atoms with Gasteiger partial charge in [0.2, 0.25) is 3.79 Å². The van der Waals surface area contributed by atoms with Crippen LogP contribution in [-0.2, 0) is 3.79 Å². The molecule has 110 valence electrons. The maximum absolute atomic E-state index is 11.5. The fourth-order valence-electron chi connectivity index (χ4n) is 1.64. The monoisotopic (exact) mass is 344 g/mol. The Labute approximate surface area is 136 Å². The maximum atomic E-state index is 11.5. The Bertz CT molecular complexity index is 697. The van der Waals surface area contributed by atoms with Crippen LogP contribution in [0.5, 0.6) is 5.75 Å². The van der Waals surface area contributed by atoms with Gasteiger partial charge in [-0.2, -0.15) is 0 Å². The molecule has 2 aromatic rings. The van der Waals surface area contributed by atoms with Crippen molar-refractivity contribution in [1.29, 1.82) is 0 Å². The third-order valence-electron chi connectivity index (χ3n) is 2.66. The van der Waals surface area contributed by atoms with Gasteiger partial charge in [0.05, 0.1) is 7.11 Å². The molecular formula is C15H11Cl3O3. The van der Waals surface area contributed by atoms with Crippen LogP contribution < -0.4 is 10.4 Å². The normalized spacial score (nSPS) is 11.8. The summed E-state index contributed by atoms with van der Waals surface area (Å²) >= 11 is 17.1. The van der Waals surface area contributed by atoms with E-state index in [2.05, 4.69) is 0 Å². The van der Waals surface area contributed by atoms with Crippen LogP contribution in [0.3, 0.4) is 0 Å². The molecule has 0 saturated heterocycles. The molecule has 0 aliphatic carbocycles.